The van der Waals surface area contributed by atoms with E-state index in [9.17, 15) is 0 Å². The van der Waals surface area contributed by atoms with E-state index in [2.05, 4.69) is 19.3 Å². The molecule has 0 radical (unpaired) electrons. The smallest absolute Gasteiger partial charge is 0.0754 e. The van der Waals surface area contributed by atoms with Crippen LogP contribution in [0.5, 0.6) is 0 Å². The van der Waals surface area contributed by atoms with Crippen LogP contribution in [-0.2, 0) is 4.74 Å². The molecule has 0 bridgehead atoms. The van der Waals surface area contributed by atoms with Crippen LogP contribution in [0.3, 0.4) is 0 Å². The highest BCUT2D eigenvalue weighted by atomic mass is 16.5. The first-order valence-corrected chi connectivity index (χ1v) is 7.10. The van der Waals surface area contributed by atoms with Crippen LogP contribution in [0.15, 0.2) is 0 Å². The Labute approximate surface area is 100 Å². The Morgan fingerprint density at radius 3 is 2.50 bits per heavy atom. The van der Waals surface area contributed by atoms with Crippen molar-refractivity contribution in [3.63, 3.8) is 0 Å². The molecule has 2 rings (SSSR count). The zero-order valence-corrected chi connectivity index (χ0v) is 10.9. The molecule has 0 amide bonds. The molecule has 3 atom stereocenters. The van der Waals surface area contributed by atoms with E-state index < -0.39 is 0 Å². The first kappa shape index (κ1) is 12.4. The van der Waals surface area contributed by atoms with Gasteiger partial charge in [-0.1, -0.05) is 39.0 Å². The summed E-state index contributed by atoms with van der Waals surface area (Å²) in [6.07, 6.45) is 10.3. The number of ether oxygens (including phenoxy) is 1. The van der Waals surface area contributed by atoms with E-state index in [-0.39, 0.29) is 0 Å². The van der Waals surface area contributed by atoms with Gasteiger partial charge in [0.15, 0.2) is 0 Å². The summed E-state index contributed by atoms with van der Waals surface area (Å²) in [5, 5.41) is 3.50. The van der Waals surface area contributed by atoms with Crippen LogP contribution in [0.4, 0.5) is 0 Å². The third-order valence-corrected chi connectivity index (χ3v) is 4.52. The van der Waals surface area contributed by atoms with Crippen molar-refractivity contribution >= 4 is 0 Å². The lowest BCUT2D eigenvalue weighted by molar-refractivity contribution is 0.0529. The van der Waals surface area contributed by atoms with Gasteiger partial charge in [-0.15, -0.1) is 0 Å². The summed E-state index contributed by atoms with van der Waals surface area (Å²) in [6.45, 7) is 3.30. The Morgan fingerprint density at radius 2 is 1.94 bits per heavy atom. The van der Waals surface area contributed by atoms with E-state index in [1.807, 2.05) is 0 Å². The van der Waals surface area contributed by atoms with Crippen molar-refractivity contribution in [1.82, 2.24) is 5.32 Å². The molecule has 2 fully saturated rings. The van der Waals surface area contributed by atoms with Crippen molar-refractivity contribution in [2.45, 2.75) is 64.0 Å². The van der Waals surface area contributed by atoms with Crippen LogP contribution >= 0.6 is 0 Å². The summed E-state index contributed by atoms with van der Waals surface area (Å²) in [5.74, 6) is 1.68. The van der Waals surface area contributed by atoms with Crippen molar-refractivity contribution in [1.29, 1.82) is 0 Å². The minimum atomic E-state index is 0.465. The van der Waals surface area contributed by atoms with Crippen molar-refractivity contribution in [2.75, 3.05) is 13.7 Å². The number of rotatable bonds is 4. The fourth-order valence-corrected chi connectivity index (χ4v) is 3.43. The summed E-state index contributed by atoms with van der Waals surface area (Å²) in [7, 11) is 2.10. The van der Waals surface area contributed by atoms with Crippen molar-refractivity contribution < 1.29 is 4.74 Å². The second kappa shape index (κ2) is 6.02. The predicted molar refractivity (Wildman–Crippen MR) is 67.6 cm³/mol. The standard InChI is InChI=1S/C14H27NO/c1-11-8-9-16-14(11)13(15-2)10-12-6-4-3-5-7-12/h11-15H,3-10H2,1-2H3. The van der Waals surface area contributed by atoms with Gasteiger partial charge < -0.3 is 10.1 Å². The Hall–Kier alpha value is -0.0800. The normalized spacial score (nSPS) is 34.1. The molecule has 0 aromatic carbocycles. The number of hydrogen-bond donors (Lipinski definition) is 1. The molecule has 1 saturated carbocycles. The second-order valence-corrected chi connectivity index (χ2v) is 5.74. The molecule has 2 nitrogen and oxygen atoms in total. The lowest BCUT2D eigenvalue weighted by Gasteiger charge is -2.31. The molecule has 1 saturated heterocycles. The third kappa shape index (κ3) is 2.98. The molecule has 0 aromatic rings. The van der Waals surface area contributed by atoms with E-state index in [0.29, 0.717) is 12.1 Å². The van der Waals surface area contributed by atoms with Gasteiger partial charge in [-0.25, -0.2) is 0 Å². The molecular formula is C14H27NO. The van der Waals surface area contributed by atoms with Crippen LogP contribution in [0, 0.1) is 11.8 Å². The van der Waals surface area contributed by atoms with Crippen LogP contribution < -0.4 is 5.32 Å². The highest BCUT2D eigenvalue weighted by Crippen LogP contribution is 2.31. The van der Waals surface area contributed by atoms with E-state index in [0.717, 1.165) is 18.4 Å². The maximum atomic E-state index is 5.90. The van der Waals surface area contributed by atoms with Crippen LogP contribution in [0.25, 0.3) is 0 Å². The third-order valence-electron chi connectivity index (χ3n) is 4.52. The zero-order valence-electron chi connectivity index (χ0n) is 10.9. The predicted octanol–water partition coefficient (Wildman–Crippen LogP) is 2.97. The highest BCUT2D eigenvalue weighted by molar-refractivity contribution is 4.86. The maximum absolute atomic E-state index is 5.90. The average molecular weight is 225 g/mol. The van der Waals surface area contributed by atoms with Crippen LogP contribution in [0.2, 0.25) is 0 Å². The van der Waals surface area contributed by atoms with E-state index >= 15 is 0 Å². The Kier molecular flexibility index (Phi) is 4.66. The lowest BCUT2D eigenvalue weighted by atomic mass is 9.82. The number of likely N-dealkylation sites (N-methyl/N-ethyl adjacent to an activating group) is 1. The van der Waals surface area contributed by atoms with Gasteiger partial charge in [0.1, 0.15) is 0 Å². The molecular weight excluding hydrogens is 198 g/mol. The summed E-state index contributed by atoms with van der Waals surface area (Å²) in [5.41, 5.74) is 0. The molecule has 1 aliphatic carbocycles. The topological polar surface area (TPSA) is 21.3 Å². The fraction of sp³-hybridized carbons (Fsp3) is 1.00. The van der Waals surface area contributed by atoms with Gasteiger partial charge in [0.25, 0.3) is 0 Å². The van der Waals surface area contributed by atoms with Crippen LogP contribution in [0.1, 0.15) is 51.9 Å². The quantitative estimate of drug-likeness (QED) is 0.794. The van der Waals surface area contributed by atoms with Crippen molar-refractivity contribution in [3.8, 4) is 0 Å². The molecule has 3 unspecified atom stereocenters. The minimum absolute atomic E-state index is 0.465. The second-order valence-electron chi connectivity index (χ2n) is 5.74. The van der Waals surface area contributed by atoms with Gasteiger partial charge in [0.2, 0.25) is 0 Å². The van der Waals surface area contributed by atoms with Gasteiger partial charge >= 0.3 is 0 Å². The summed E-state index contributed by atoms with van der Waals surface area (Å²) in [4.78, 5) is 0. The van der Waals surface area contributed by atoms with E-state index in [1.165, 1.54) is 44.9 Å². The van der Waals surface area contributed by atoms with Crippen LogP contribution in [-0.4, -0.2) is 25.8 Å². The molecule has 16 heavy (non-hydrogen) atoms. The largest absolute Gasteiger partial charge is 0.376 e. The molecule has 94 valence electrons. The first-order valence-electron chi connectivity index (χ1n) is 7.10. The van der Waals surface area contributed by atoms with E-state index in [4.69, 9.17) is 4.74 Å². The Balaban J connectivity index is 1.84. The SMILES string of the molecule is CNC(CC1CCCCC1)C1OCCC1C. The molecule has 0 spiro atoms. The fourth-order valence-electron chi connectivity index (χ4n) is 3.43. The maximum Gasteiger partial charge on any atom is 0.0754 e. The first-order chi connectivity index (χ1) is 7.81. The van der Waals surface area contributed by atoms with Gasteiger partial charge in [-0.05, 0) is 31.7 Å². The van der Waals surface area contributed by atoms with Crippen molar-refractivity contribution in [3.05, 3.63) is 0 Å². The molecule has 1 aliphatic heterocycles. The lowest BCUT2D eigenvalue weighted by Crippen LogP contribution is -2.41. The van der Waals surface area contributed by atoms with E-state index in [1.54, 1.807) is 0 Å². The molecule has 1 N–H and O–H groups in total. The minimum Gasteiger partial charge on any atom is -0.376 e. The molecule has 1 heterocycles. The van der Waals surface area contributed by atoms with Gasteiger partial charge in [0.05, 0.1) is 6.10 Å². The molecule has 0 aromatic heterocycles. The zero-order chi connectivity index (χ0) is 11.4. The van der Waals surface area contributed by atoms with Gasteiger partial charge in [-0.2, -0.15) is 0 Å². The monoisotopic (exact) mass is 225 g/mol. The van der Waals surface area contributed by atoms with Crippen molar-refractivity contribution in [2.24, 2.45) is 11.8 Å². The highest BCUT2D eigenvalue weighted by Gasteiger charge is 2.32. The summed E-state index contributed by atoms with van der Waals surface area (Å²) in [6, 6.07) is 0.584. The molecule has 2 heteroatoms. The number of nitrogens with one attached hydrogen (secondary N) is 1. The summed E-state index contributed by atoms with van der Waals surface area (Å²) >= 11 is 0. The van der Waals surface area contributed by atoms with Gasteiger partial charge in [0, 0.05) is 12.6 Å². The Bertz CT molecular complexity index is 201. The average Bonchev–Trinajstić information content (AvgIpc) is 2.74. The molecule has 2 aliphatic rings. The summed E-state index contributed by atoms with van der Waals surface area (Å²) < 4.78 is 5.90. The number of hydrogen-bond acceptors (Lipinski definition) is 2. The Morgan fingerprint density at radius 1 is 1.19 bits per heavy atom. The van der Waals surface area contributed by atoms with Gasteiger partial charge in [-0.3, -0.25) is 0 Å².